The van der Waals surface area contributed by atoms with Gasteiger partial charge in [0.05, 0.1) is 0 Å². The molecule has 2 rings (SSSR count). The van der Waals surface area contributed by atoms with Gasteiger partial charge in [0, 0.05) is 18.5 Å². The quantitative estimate of drug-likeness (QED) is 0.721. The van der Waals surface area contributed by atoms with Crippen LogP contribution in [0.15, 0.2) is 0 Å². The van der Waals surface area contributed by atoms with Gasteiger partial charge >= 0.3 is 0 Å². The molecule has 1 heterocycles. The number of amides is 1. The topological polar surface area (TPSA) is 41.1 Å². The van der Waals surface area contributed by atoms with Gasteiger partial charge < -0.3 is 10.6 Å². The molecule has 2 fully saturated rings. The first-order chi connectivity index (χ1) is 7.27. The van der Waals surface area contributed by atoms with Crippen molar-refractivity contribution in [2.75, 3.05) is 13.1 Å². The second-order valence-corrected chi connectivity index (χ2v) is 5.07. The third-order valence-corrected chi connectivity index (χ3v) is 3.84. The number of piperidine rings is 1. The van der Waals surface area contributed by atoms with Crippen molar-refractivity contribution in [2.24, 2.45) is 11.8 Å². The molecule has 3 atom stereocenters. The standard InChI is InChI=1S/C12H22N2O/c1-9-4-2-6-11(9)12(15)14-10-5-3-7-13-8-10/h9-11,13H,2-8H2,1H3,(H,14,15)/t9?,10-,11?/m1/s1. The Kier molecular flexibility index (Phi) is 3.62. The van der Waals surface area contributed by atoms with Gasteiger partial charge in [-0.1, -0.05) is 13.3 Å². The lowest BCUT2D eigenvalue weighted by molar-refractivity contribution is -0.126. The molecular formula is C12H22N2O. The summed E-state index contributed by atoms with van der Waals surface area (Å²) < 4.78 is 0. The summed E-state index contributed by atoms with van der Waals surface area (Å²) in [6.45, 7) is 4.26. The first-order valence-electron chi connectivity index (χ1n) is 6.28. The van der Waals surface area contributed by atoms with Crippen molar-refractivity contribution in [3.63, 3.8) is 0 Å². The summed E-state index contributed by atoms with van der Waals surface area (Å²) in [5.74, 6) is 1.17. The molecule has 0 bridgehead atoms. The van der Waals surface area contributed by atoms with Crippen molar-refractivity contribution in [1.82, 2.24) is 10.6 Å². The van der Waals surface area contributed by atoms with Gasteiger partial charge in [-0.15, -0.1) is 0 Å². The summed E-state index contributed by atoms with van der Waals surface area (Å²) in [7, 11) is 0. The second kappa shape index (κ2) is 4.97. The number of carbonyl (C=O) groups is 1. The normalized spacial score (nSPS) is 36.5. The molecule has 3 heteroatoms. The number of hydrogen-bond acceptors (Lipinski definition) is 2. The van der Waals surface area contributed by atoms with Gasteiger partial charge in [-0.3, -0.25) is 4.79 Å². The zero-order chi connectivity index (χ0) is 10.7. The summed E-state index contributed by atoms with van der Waals surface area (Å²) in [5, 5.41) is 6.52. The molecule has 1 saturated carbocycles. The summed E-state index contributed by atoms with van der Waals surface area (Å²) in [5.41, 5.74) is 0. The van der Waals surface area contributed by atoms with Gasteiger partial charge in [0.15, 0.2) is 0 Å². The Balaban J connectivity index is 1.80. The van der Waals surface area contributed by atoms with E-state index >= 15 is 0 Å². The molecule has 2 unspecified atom stereocenters. The van der Waals surface area contributed by atoms with E-state index in [0.29, 0.717) is 17.9 Å². The van der Waals surface area contributed by atoms with Crippen LogP contribution in [-0.4, -0.2) is 25.0 Å². The SMILES string of the molecule is CC1CCCC1C(=O)N[C@@H]1CCCNC1. The van der Waals surface area contributed by atoms with Crippen LogP contribution < -0.4 is 10.6 Å². The van der Waals surface area contributed by atoms with E-state index in [-0.39, 0.29) is 5.92 Å². The van der Waals surface area contributed by atoms with E-state index in [0.717, 1.165) is 25.9 Å². The van der Waals surface area contributed by atoms with Gasteiger partial charge in [0.25, 0.3) is 0 Å². The molecule has 1 aliphatic carbocycles. The molecule has 1 aliphatic heterocycles. The Hall–Kier alpha value is -0.570. The summed E-state index contributed by atoms with van der Waals surface area (Å²) in [6.07, 6.45) is 5.86. The fourth-order valence-electron chi connectivity index (χ4n) is 2.82. The molecule has 2 N–H and O–H groups in total. The Bertz CT molecular complexity index is 224. The first-order valence-corrected chi connectivity index (χ1v) is 6.28. The van der Waals surface area contributed by atoms with Gasteiger partial charge in [-0.05, 0) is 38.1 Å². The minimum atomic E-state index is 0.284. The Morgan fingerprint density at radius 1 is 1.27 bits per heavy atom. The molecule has 3 nitrogen and oxygen atoms in total. The zero-order valence-corrected chi connectivity index (χ0v) is 9.59. The van der Waals surface area contributed by atoms with E-state index in [2.05, 4.69) is 17.6 Å². The van der Waals surface area contributed by atoms with Crippen molar-refractivity contribution in [1.29, 1.82) is 0 Å². The lowest BCUT2D eigenvalue weighted by Crippen LogP contribution is -2.47. The molecule has 15 heavy (non-hydrogen) atoms. The maximum Gasteiger partial charge on any atom is 0.223 e. The van der Waals surface area contributed by atoms with Crippen molar-refractivity contribution in [2.45, 2.75) is 45.1 Å². The molecule has 0 radical (unpaired) electrons. The monoisotopic (exact) mass is 210 g/mol. The van der Waals surface area contributed by atoms with Gasteiger partial charge in [0.1, 0.15) is 0 Å². The maximum absolute atomic E-state index is 12.0. The van der Waals surface area contributed by atoms with E-state index in [9.17, 15) is 4.79 Å². The van der Waals surface area contributed by atoms with E-state index < -0.39 is 0 Å². The fourth-order valence-corrected chi connectivity index (χ4v) is 2.82. The van der Waals surface area contributed by atoms with Crippen LogP contribution in [0.4, 0.5) is 0 Å². The highest BCUT2D eigenvalue weighted by Gasteiger charge is 2.30. The van der Waals surface area contributed by atoms with Crippen LogP contribution in [0, 0.1) is 11.8 Å². The van der Waals surface area contributed by atoms with E-state index in [1.54, 1.807) is 0 Å². The molecule has 2 aliphatic rings. The summed E-state index contributed by atoms with van der Waals surface area (Å²) in [6, 6.07) is 0.374. The molecule has 0 aromatic heterocycles. The molecule has 0 aromatic carbocycles. The highest BCUT2D eigenvalue weighted by molar-refractivity contribution is 5.79. The Morgan fingerprint density at radius 2 is 2.13 bits per heavy atom. The van der Waals surface area contributed by atoms with Gasteiger partial charge in [-0.25, -0.2) is 0 Å². The third kappa shape index (κ3) is 2.71. The van der Waals surface area contributed by atoms with Gasteiger partial charge in [-0.2, -0.15) is 0 Å². The van der Waals surface area contributed by atoms with Crippen LogP contribution in [0.5, 0.6) is 0 Å². The minimum absolute atomic E-state index is 0.284. The van der Waals surface area contributed by atoms with Crippen molar-refractivity contribution in [3.8, 4) is 0 Å². The van der Waals surface area contributed by atoms with Crippen molar-refractivity contribution >= 4 is 5.91 Å². The van der Waals surface area contributed by atoms with E-state index in [1.165, 1.54) is 19.3 Å². The second-order valence-electron chi connectivity index (χ2n) is 5.07. The van der Waals surface area contributed by atoms with Crippen LogP contribution in [0.1, 0.15) is 39.0 Å². The molecule has 0 spiro atoms. The van der Waals surface area contributed by atoms with Crippen LogP contribution in [0.3, 0.4) is 0 Å². The lowest BCUT2D eigenvalue weighted by Gasteiger charge is -2.26. The molecule has 0 aromatic rings. The van der Waals surface area contributed by atoms with Crippen molar-refractivity contribution < 1.29 is 4.79 Å². The number of nitrogens with one attached hydrogen (secondary N) is 2. The Morgan fingerprint density at radius 3 is 2.73 bits per heavy atom. The highest BCUT2D eigenvalue weighted by atomic mass is 16.2. The minimum Gasteiger partial charge on any atom is -0.352 e. The summed E-state index contributed by atoms with van der Waals surface area (Å²) in [4.78, 5) is 12.0. The van der Waals surface area contributed by atoms with E-state index in [1.807, 2.05) is 0 Å². The summed E-state index contributed by atoms with van der Waals surface area (Å²) >= 11 is 0. The predicted octanol–water partition coefficient (Wildman–Crippen LogP) is 1.29. The average Bonchev–Trinajstić information content (AvgIpc) is 2.66. The third-order valence-electron chi connectivity index (χ3n) is 3.84. The van der Waals surface area contributed by atoms with E-state index in [4.69, 9.17) is 0 Å². The number of rotatable bonds is 2. The van der Waals surface area contributed by atoms with Crippen LogP contribution in [0.2, 0.25) is 0 Å². The number of carbonyl (C=O) groups excluding carboxylic acids is 1. The lowest BCUT2D eigenvalue weighted by atomic mass is 9.96. The van der Waals surface area contributed by atoms with Crippen LogP contribution >= 0.6 is 0 Å². The average molecular weight is 210 g/mol. The zero-order valence-electron chi connectivity index (χ0n) is 9.59. The molecular weight excluding hydrogens is 188 g/mol. The largest absolute Gasteiger partial charge is 0.352 e. The predicted molar refractivity (Wildman–Crippen MR) is 60.5 cm³/mol. The highest BCUT2D eigenvalue weighted by Crippen LogP contribution is 2.31. The van der Waals surface area contributed by atoms with Gasteiger partial charge in [0.2, 0.25) is 5.91 Å². The fraction of sp³-hybridized carbons (Fsp3) is 0.917. The van der Waals surface area contributed by atoms with Crippen molar-refractivity contribution in [3.05, 3.63) is 0 Å². The molecule has 1 saturated heterocycles. The molecule has 86 valence electrons. The maximum atomic E-state index is 12.0. The Labute approximate surface area is 92.0 Å². The van der Waals surface area contributed by atoms with Crippen LogP contribution in [-0.2, 0) is 4.79 Å². The first kappa shape index (κ1) is 10.9. The number of hydrogen-bond donors (Lipinski definition) is 2. The molecule has 1 amide bonds. The smallest absolute Gasteiger partial charge is 0.223 e. The van der Waals surface area contributed by atoms with Crippen LogP contribution in [0.25, 0.3) is 0 Å².